The Labute approximate surface area is 121 Å². The van der Waals surface area contributed by atoms with Crippen molar-refractivity contribution in [1.29, 1.82) is 0 Å². The molecule has 1 aliphatic heterocycles. The van der Waals surface area contributed by atoms with Crippen LogP contribution in [0.4, 0.5) is 0 Å². The summed E-state index contributed by atoms with van der Waals surface area (Å²) >= 11 is 0. The van der Waals surface area contributed by atoms with E-state index in [-0.39, 0.29) is 24.2 Å². The number of ether oxygens (including phenoxy) is 1. The third-order valence-electron chi connectivity index (χ3n) is 3.73. The van der Waals surface area contributed by atoms with Crippen LogP contribution in [0.3, 0.4) is 0 Å². The molecule has 5 heteroatoms. The summed E-state index contributed by atoms with van der Waals surface area (Å²) in [6.07, 6.45) is 3.80. The Morgan fingerprint density at radius 2 is 1.75 bits per heavy atom. The van der Waals surface area contributed by atoms with Gasteiger partial charge in [-0.1, -0.05) is 0 Å². The summed E-state index contributed by atoms with van der Waals surface area (Å²) in [7, 11) is 0. The number of carbonyl (C=O) groups is 2. The number of carbonyl (C=O) groups excluding carboxylic acids is 2. The molecule has 1 aliphatic carbocycles. The second-order valence-electron chi connectivity index (χ2n) is 6.84. The third kappa shape index (κ3) is 4.78. The molecule has 114 valence electrons. The molecule has 2 aliphatic rings. The van der Waals surface area contributed by atoms with Crippen LogP contribution in [0.25, 0.3) is 0 Å². The minimum Gasteiger partial charge on any atom is -0.366 e. The third-order valence-corrected chi connectivity index (χ3v) is 3.73. The van der Waals surface area contributed by atoms with Crippen molar-refractivity contribution in [3.05, 3.63) is 0 Å². The van der Waals surface area contributed by atoms with Crippen LogP contribution in [0.1, 0.15) is 46.5 Å². The minimum atomic E-state index is -0.294. The average Bonchev–Trinajstić information content (AvgIpc) is 3.20. The van der Waals surface area contributed by atoms with Gasteiger partial charge >= 0.3 is 0 Å². The normalized spacial score (nSPS) is 20.9. The van der Waals surface area contributed by atoms with Gasteiger partial charge in [0.25, 0.3) is 0 Å². The number of amides is 2. The number of likely N-dealkylation sites (tertiary alicyclic amines) is 1. The van der Waals surface area contributed by atoms with E-state index >= 15 is 0 Å². The summed E-state index contributed by atoms with van der Waals surface area (Å²) < 4.78 is 5.46. The van der Waals surface area contributed by atoms with Crippen molar-refractivity contribution in [2.24, 2.45) is 5.92 Å². The summed E-state index contributed by atoms with van der Waals surface area (Å²) in [5.41, 5.74) is -0.294. The summed E-state index contributed by atoms with van der Waals surface area (Å²) in [4.78, 5) is 25.6. The molecule has 0 aromatic heterocycles. The molecule has 0 unspecified atom stereocenters. The van der Waals surface area contributed by atoms with Crippen LogP contribution in [-0.2, 0) is 14.3 Å². The van der Waals surface area contributed by atoms with Gasteiger partial charge in [-0.3, -0.25) is 9.59 Å². The topological polar surface area (TPSA) is 58.6 Å². The SMILES string of the molecule is CC(C)(C)OCC(=O)NC1CCN(C(=O)C2CC2)CC1. The molecule has 0 bridgehead atoms. The van der Waals surface area contributed by atoms with E-state index in [1.54, 1.807) is 0 Å². The van der Waals surface area contributed by atoms with Crippen LogP contribution in [0.5, 0.6) is 0 Å². The quantitative estimate of drug-likeness (QED) is 0.846. The first kappa shape index (κ1) is 15.3. The second-order valence-corrected chi connectivity index (χ2v) is 6.84. The fraction of sp³-hybridized carbons (Fsp3) is 0.867. The molecule has 0 aromatic rings. The van der Waals surface area contributed by atoms with E-state index < -0.39 is 0 Å². The lowest BCUT2D eigenvalue weighted by molar-refractivity contribution is -0.134. The molecule has 0 radical (unpaired) electrons. The van der Waals surface area contributed by atoms with Gasteiger partial charge in [0.2, 0.25) is 11.8 Å². The lowest BCUT2D eigenvalue weighted by Gasteiger charge is -2.32. The van der Waals surface area contributed by atoms with Gasteiger partial charge in [0.05, 0.1) is 5.60 Å². The Kier molecular flexibility index (Phi) is 4.68. The first-order chi connectivity index (χ1) is 9.35. The van der Waals surface area contributed by atoms with Crippen molar-refractivity contribution < 1.29 is 14.3 Å². The van der Waals surface area contributed by atoms with E-state index in [1.165, 1.54) is 0 Å². The Hall–Kier alpha value is -1.10. The lowest BCUT2D eigenvalue weighted by Crippen LogP contribution is -2.48. The number of nitrogens with zero attached hydrogens (tertiary/aromatic N) is 1. The number of hydrogen-bond acceptors (Lipinski definition) is 3. The Morgan fingerprint density at radius 1 is 1.15 bits per heavy atom. The summed E-state index contributed by atoms with van der Waals surface area (Å²) in [5, 5.41) is 2.99. The van der Waals surface area contributed by atoms with Gasteiger partial charge in [-0.05, 0) is 46.5 Å². The summed E-state index contributed by atoms with van der Waals surface area (Å²) in [6, 6.07) is 0.175. The average molecular weight is 282 g/mol. The summed E-state index contributed by atoms with van der Waals surface area (Å²) in [6.45, 7) is 7.43. The van der Waals surface area contributed by atoms with Crippen molar-refractivity contribution in [3.63, 3.8) is 0 Å². The van der Waals surface area contributed by atoms with Crippen LogP contribution < -0.4 is 5.32 Å². The fourth-order valence-electron chi connectivity index (χ4n) is 2.38. The van der Waals surface area contributed by atoms with Crippen LogP contribution in [0.2, 0.25) is 0 Å². The highest BCUT2D eigenvalue weighted by molar-refractivity contribution is 5.81. The Balaban J connectivity index is 1.66. The van der Waals surface area contributed by atoms with Crippen LogP contribution >= 0.6 is 0 Å². The Morgan fingerprint density at radius 3 is 2.25 bits per heavy atom. The van der Waals surface area contributed by atoms with E-state index in [0.717, 1.165) is 38.8 Å². The van der Waals surface area contributed by atoms with Gasteiger partial charge in [0, 0.05) is 25.0 Å². The smallest absolute Gasteiger partial charge is 0.246 e. The predicted molar refractivity (Wildman–Crippen MR) is 76.2 cm³/mol. The zero-order chi connectivity index (χ0) is 14.8. The van der Waals surface area contributed by atoms with Gasteiger partial charge in [-0.15, -0.1) is 0 Å². The van der Waals surface area contributed by atoms with Crippen LogP contribution in [-0.4, -0.2) is 48.1 Å². The Bertz CT molecular complexity index is 364. The molecular formula is C15H26N2O3. The molecule has 20 heavy (non-hydrogen) atoms. The number of nitrogens with one attached hydrogen (secondary N) is 1. The largest absolute Gasteiger partial charge is 0.366 e. The van der Waals surface area contributed by atoms with E-state index in [2.05, 4.69) is 5.32 Å². The molecule has 1 heterocycles. The van der Waals surface area contributed by atoms with E-state index in [1.807, 2.05) is 25.7 Å². The van der Waals surface area contributed by atoms with Crippen LogP contribution in [0, 0.1) is 5.92 Å². The lowest BCUT2D eigenvalue weighted by atomic mass is 10.0. The molecule has 2 fully saturated rings. The first-order valence-electron chi connectivity index (χ1n) is 7.57. The van der Waals surface area contributed by atoms with E-state index in [9.17, 15) is 9.59 Å². The van der Waals surface area contributed by atoms with Crippen molar-refractivity contribution in [3.8, 4) is 0 Å². The molecule has 5 nitrogen and oxygen atoms in total. The molecule has 0 aromatic carbocycles. The van der Waals surface area contributed by atoms with Crippen LogP contribution in [0.15, 0.2) is 0 Å². The molecule has 2 rings (SSSR count). The molecule has 2 amide bonds. The highest BCUT2D eigenvalue weighted by Gasteiger charge is 2.35. The molecule has 1 N–H and O–H groups in total. The zero-order valence-electron chi connectivity index (χ0n) is 12.8. The maximum atomic E-state index is 11.9. The standard InChI is InChI=1S/C15H26N2O3/c1-15(2,3)20-10-13(18)16-12-6-8-17(9-7-12)14(19)11-4-5-11/h11-12H,4-10H2,1-3H3,(H,16,18). The van der Waals surface area contributed by atoms with Gasteiger partial charge in [-0.25, -0.2) is 0 Å². The molecule has 0 spiro atoms. The molecule has 0 atom stereocenters. The maximum Gasteiger partial charge on any atom is 0.246 e. The highest BCUT2D eigenvalue weighted by atomic mass is 16.5. The number of rotatable bonds is 4. The predicted octanol–water partition coefficient (Wildman–Crippen LogP) is 1.32. The van der Waals surface area contributed by atoms with Gasteiger partial charge in [0.15, 0.2) is 0 Å². The minimum absolute atomic E-state index is 0.0631. The number of piperidine rings is 1. The van der Waals surface area contributed by atoms with Gasteiger partial charge in [0.1, 0.15) is 6.61 Å². The number of hydrogen-bond donors (Lipinski definition) is 1. The second kappa shape index (κ2) is 6.12. The zero-order valence-corrected chi connectivity index (χ0v) is 12.8. The van der Waals surface area contributed by atoms with Gasteiger partial charge in [-0.2, -0.15) is 0 Å². The molecule has 1 saturated carbocycles. The van der Waals surface area contributed by atoms with Crippen molar-refractivity contribution in [2.75, 3.05) is 19.7 Å². The van der Waals surface area contributed by atoms with Crippen molar-refractivity contribution in [2.45, 2.75) is 58.1 Å². The highest BCUT2D eigenvalue weighted by Crippen LogP contribution is 2.31. The van der Waals surface area contributed by atoms with E-state index in [0.29, 0.717) is 11.8 Å². The van der Waals surface area contributed by atoms with Gasteiger partial charge < -0.3 is 15.0 Å². The first-order valence-corrected chi connectivity index (χ1v) is 7.57. The molecular weight excluding hydrogens is 256 g/mol. The van der Waals surface area contributed by atoms with Crippen molar-refractivity contribution in [1.82, 2.24) is 10.2 Å². The monoisotopic (exact) mass is 282 g/mol. The van der Waals surface area contributed by atoms with Crippen molar-refractivity contribution >= 4 is 11.8 Å². The fourth-order valence-corrected chi connectivity index (χ4v) is 2.38. The summed E-state index contributed by atoms with van der Waals surface area (Å²) in [5.74, 6) is 0.541. The molecule has 1 saturated heterocycles. The maximum absolute atomic E-state index is 11.9. The van der Waals surface area contributed by atoms with E-state index in [4.69, 9.17) is 4.74 Å².